The highest BCUT2D eigenvalue weighted by Gasteiger charge is 2.58. The molecule has 29 heavy (non-hydrogen) atoms. The number of epoxide rings is 1. The minimum Gasteiger partial charge on any atom is -0.429 e. The number of carbonyl (C=O) groups excluding carboxylic acids is 2. The van der Waals surface area contributed by atoms with E-state index in [4.69, 9.17) is 14.2 Å². The first kappa shape index (κ1) is 20.8. The molecule has 0 aliphatic carbocycles. The number of benzene rings is 2. The summed E-state index contributed by atoms with van der Waals surface area (Å²) in [7, 11) is 0. The second kappa shape index (κ2) is 8.59. The summed E-state index contributed by atoms with van der Waals surface area (Å²) in [6, 6.07) is 14.4. The molecule has 3 rings (SSSR count). The van der Waals surface area contributed by atoms with Crippen LogP contribution in [0.15, 0.2) is 54.6 Å². The average molecular weight is 396 g/mol. The van der Waals surface area contributed by atoms with E-state index in [2.05, 4.69) is 0 Å². The van der Waals surface area contributed by atoms with Crippen molar-refractivity contribution in [3.8, 4) is 5.75 Å². The van der Waals surface area contributed by atoms with Gasteiger partial charge in [0.15, 0.2) is 5.60 Å². The Morgan fingerprint density at radius 1 is 1.21 bits per heavy atom. The van der Waals surface area contributed by atoms with Crippen molar-refractivity contribution < 1.29 is 28.9 Å². The zero-order chi connectivity index (χ0) is 21.0. The first-order valence-corrected chi connectivity index (χ1v) is 9.41. The van der Waals surface area contributed by atoms with Crippen LogP contribution >= 0.6 is 0 Å². The SMILES string of the molecule is CC(C)C(=O)Oc1cc(CO)ccc1C1(C)OC1OC(=O)C=Cc1ccccc1. The Balaban J connectivity index is 1.73. The molecule has 2 aromatic rings. The van der Waals surface area contributed by atoms with Crippen molar-refractivity contribution in [1.82, 2.24) is 0 Å². The molecule has 2 aromatic carbocycles. The number of rotatable bonds is 7. The Hall–Kier alpha value is -2.96. The molecule has 1 aliphatic heterocycles. The van der Waals surface area contributed by atoms with Crippen LogP contribution in [0.25, 0.3) is 6.08 Å². The molecule has 0 bridgehead atoms. The number of ether oxygens (including phenoxy) is 3. The van der Waals surface area contributed by atoms with Crippen molar-refractivity contribution in [2.75, 3.05) is 0 Å². The highest BCUT2D eigenvalue weighted by Crippen LogP contribution is 2.50. The lowest BCUT2D eigenvalue weighted by Crippen LogP contribution is -2.19. The number of carbonyl (C=O) groups is 2. The standard InChI is InChI=1S/C23H24O6/c1-15(2)21(26)27-19-13-17(14-24)9-11-18(19)23(3)22(29-23)28-20(25)12-10-16-7-5-4-6-8-16/h4-13,15,22,24H,14H2,1-3H3. The van der Waals surface area contributed by atoms with Crippen molar-refractivity contribution >= 4 is 18.0 Å². The van der Waals surface area contributed by atoms with Crippen molar-refractivity contribution in [1.29, 1.82) is 0 Å². The van der Waals surface area contributed by atoms with E-state index < -0.39 is 23.8 Å². The number of hydrogen-bond acceptors (Lipinski definition) is 6. The molecule has 0 saturated carbocycles. The van der Waals surface area contributed by atoms with Gasteiger partial charge in [-0.15, -0.1) is 0 Å². The Kier molecular flexibility index (Phi) is 6.15. The predicted molar refractivity (Wildman–Crippen MR) is 107 cm³/mol. The van der Waals surface area contributed by atoms with Gasteiger partial charge < -0.3 is 19.3 Å². The van der Waals surface area contributed by atoms with E-state index in [-0.39, 0.29) is 18.3 Å². The van der Waals surface area contributed by atoms with Crippen molar-refractivity contribution in [2.45, 2.75) is 39.3 Å². The van der Waals surface area contributed by atoms with Crippen LogP contribution in [-0.2, 0) is 31.3 Å². The predicted octanol–water partition coefficient (Wildman–Crippen LogP) is 3.57. The molecule has 1 fully saturated rings. The fourth-order valence-electron chi connectivity index (χ4n) is 2.77. The molecular weight excluding hydrogens is 372 g/mol. The van der Waals surface area contributed by atoms with Crippen molar-refractivity contribution in [2.24, 2.45) is 5.92 Å². The van der Waals surface area contributed by atoms with Gasteiger partial charge in [-0.1, -0.05) is 56.3 Å². The molecule has 2 unspecified atom stereocenters. The molecule has 0 radical (unpaired) electrons. The zero-order valence-corrected chi connectivity index (χ0v) is 16.6. The summed E-state index contributed by atoms with van der Waals surface area (Å²) in [5, 5.41) is 9.39. The summed E-state index contributed by atoms with van der Waals surface area (Å²) in [5.41, 5.74) is 1.13. The van der Waals surface area contributed by atoms with Crippen LogP contribution in [0.4, 0.5) is 0 Å². The van der Waals surface area contributed by atoms with Gasteiger partial charge in [-0.25, -0.2) is 4.79 Å². The van der Waals surface area contributed by atoms with Crippen LogP contribution in [0, 0.1) is 5.92 Å². The fourth-order valence-corrected chi connectivity index (χ4v) is 2.77. The van der Waals surface area contributed by atoms with E-state index in [1.165, 1.54) is 6.08 Å². The van der Waals surface area contributed by atoms with Crippen LogP contribution in [0.1, 0.15) is 37.5 Å². The minimum atomic E-state index is -0.934. The lowest BCUT2D eigenvalue weighted by Gasteiger charge is -2.15. The Bertz CT molecular complexity index is 918. The maximum absolute atomic E-state index is 12.1. The molecule has 1 saturated heterocycles. The topological polar surface area (TPSA) is 85.4 Å². The molecule has 0 aromatic heterocycles. The maximum Gasteiger partial charge on any atom is 0.333 e. The van der Waals surface area contributed by atoms with Crippen molar-refractivity contribution in [3.63, 3.8) is 0 Å². The first-order chi connectivity index (χ1) is 13.8. The monoisotopic (exact) mass is 396 g/mol. The van der Waals surface area contributed by atoms with Gasteiger partial charge in [0.25, 0.3) is 0 Å². The molecule has 2 atom stereocenters. The van der Waals surface area contributed by atoms with E-state index in [1.807, 2.05) is 30.3 Å². The second-order valence-electron chi connectivity index (χ2n) is 7.30. The normalized spacial score (nSPS) is 20.7. The van der Waals surface area contributed by atoms with Gasteiger partial charge in [-0.2, -0.15) is 0 Å². The summed E-state index contributed by atoms with van der Waals surface area (Å²) in [6.07, 6.45) is 2.20. The fraction of sp³-hybridized carbons (Fsp3) is 0.304. The molecular formula is C23H24O6. The molecule has 6 heteroatoms. The zero-order valence-electron chi connectivity index (χ0n) is 16.6. The van der Waals surface area contributed by atoms with Gasteiger partial charge >= 0.3 is 11.9 Å². The highest BCUT2D eigenvalue weighted by molar-refractivity contribution is 5.87. The van der Waals surface area contributed by atoms with Gasteiger partial charge in [-0.05, 0) is 30.2 Å². The van der Waals surface area contributed by atoms with Crippen LogP contribution in [0.3, 0.4) is 0 Å². The Labute approximate surface area is 169 Å². The van der Waals surface area contributed by atoms with Crippen LogP contribution < -0.4 is 4.74 Å². The van der Waals surface area contributed by atoms with E-state index >= 15 is 0 Å². The molecule has 6 nitrogen and oxygen atoms in total. The lowest BCUT2D eigenvalue weighted by atomic mass is 9.98. The van der Waals surface area contributed by atoms with Gasteiger partial charge in [0.1, 0.15) is 5.75 Å². The Morgan fingerprint density at radius 3 is 2.59 bits per heavy atom. The van der Waals surface area contributed by atoms with E-state index in [0.29, 0.717) is 11.1 Å². The summed E-state index contributed by atoms with van der Waals surface area (Å²) in [6.45, 7) is 5.03. The molecule has 1 aliphatic rings. The maximum atomic E-state index is 12.1. The number of hydrogen-bond donors (Lipinski definition) is 1. The van der Waals surface area contributed by atoms with Gasteiger partial charge in [0.05, 0.1) is 12.5 Å². The molecule has 1 N–H and O–H groups in total. The quantitative estimate of drug-likeness (QED) is 0.333. The number of aliphatic hydroxyl groups excluding tert-OH is 1. The lowest BCUT2D eigenvalue weighted by molar-refractivity contribution is -0.142. The molecule has 1 heterocycles. The largest absolute Gasteiger partial charge is 0.429 e. The third-order valence-electron chi connectivity index (χ3n) is 4.62. The Morgan fingerprint density at radius 2 is 1.93 bits per heavy atom. The molecule has 152 valence electrons. The minimum absolute atomic E-state index is 0.188. The van der Waals surface area contributed by atoms with Gasteiger partial charge in [-0.3, -0.25) is 4.79 Å². The average Bonchev–Trinajstić information content (AvgIpc) is 3.36. The first-order valence-electron chi connectivity index (χ1n) is 9.41. The highest BCUT2D eigenvalue weighted by atomic mass is 16.8. The third-order valence-corrected chi connectivity index (χ3v) is 4.62. The summed E-state index contributed by atoms with van der Waals surface area (Å²) in [5.74, 6) is -0.957. The van der Waals surface area contributed by atoms with E-state index in [0.717, 1.165) is 5.56 Å². The number of aliphatic hydroxyl groups is 1. The van der Waals surface area contributed by atoms with E-state index in [9.17, 15) is 14.7 Å². The summed E-state index contributed by atoms with van der Waals surface area (Å²) >= 11 is 0. The van der Waals surface area contributed by atoms with Crippen LogP contribution in [0.2, 0.25) is 0 Å². The third kappa shape index (κ3) is 4.91. The number of esters is 2. The van der Waals surface area contributed by atoms with Crippen molar-refractivity contribution in [3.05, 3.63) is 71.3 Å². The summed E-state index contributed by atoms with van der Waals surface area (Å²) in [4.78, 5) is 24.2. The molecule has 0 spiro atoms. The van der Waals surface area contributed by atoms with E-state index in [1.54, 1.807) is 45.0 Å². The smallest absolute Gasteiger partial charge is 0.333 e. The van der Waals surface area contributed by atoms with Crippen LogP contribution in [0.5, 0.6) is 5.75 Å². The molecule has 0 amide bonds. The van der Waals surface area contributed by atoms with Gasteiger partial charge in [0.2, 0.25) is 6.29 Å². The second-order valence-corrected chi connectivity index (χ2v) is 7.30. The summed E-state index contributed by atoms with van der Waals surface area (Å²) < 4.78 is 16.5. The van der Waals surface area contributed by atoms with Crippen LogP contribution in [-0.4, -0.2) is 23.3 Å². The van der Waals surface area contributed by atoms with Gasteiger partial charge in [0, 0.05) is 11.6 Å².